The first kappa shape index (κ1) is 24.3. The summed E-state index contributed by atoms with van der Waals surface area (Å²) in [7, 11) is -3.88. The number of nitrogens with one attached hydrogen (secondary N) is 2. The van der Waals surface area contributed by atoms with Crippen molar-refractivity contribution in [2.75, 3.05) is 22.7 Å². The van der Waals surface area contributed by atoms with Crippen molar-refractivity contribution in [2.24, 2.45) is 5.10 Å². The van der Waals surface area contributed by atoms with Gasteiger partial charge in [0.15, 0.2) is 0 Å². The minimum atomic E-state index is -3.88. The highest BCUT2D eigenvalue weighted by atomic mass is 35.5. The lowest BCUT2D eigenvalue weighted by atomic mass is 10.2. The van der Waals surface area contributed by atoms with Crippen LogP contribution in [0.5, 0.6) is 0 Å². The Labute approximate surface area is 199 Å². The number of hydrogen-bond acceptors (Lipinski definition) is 5. The van der Waals surface area contributed by atoms with Crippen LogP contribution in [0.4, 0.5) is 11.4 Å². The first-order valence-corrected chi connectivity index (χ1v) is 12.3. The molecule has 172 valence electrons. The zero-order valence-electron chi connectivity index (χ0n) is 18.3. The van der Waals surface area contributed by atoms with Gasteiger partial charge in [0.25, 0.3) is 15.9 Å². The Morgan fingerprint density at radius 2 is 1.67 bits per heavy atom. The van der Waals surface area contributed by atoms with Gasteiger partial charge >= 0.3 is 0 Å². The standard InChI is InChI=1S/C24H25ClN4O3S/c1-3-29(4-2)22-14-8-18(9-15-22)17-26-27-24(30)19-6-5-7-23(16-19)33(31,32)28-21-12-10-20(25)11-13-21/h5-17,28H,3-4H2,1-2H3,(H,27,30)/b26-17+. The summed E-state index contributed by atoms with van der Waals surface area (Å²) in [5.41, 5.74) is 4.91. The summed E-state index contributed by atoms with van der Waals surface area (Å²) in [4.78, 5) is 14.7. The van der Waals surface area contributed by atoms with Crippen molar-refractivity contribution >= 4 is 45.1 Å². The maximum atomic E-state index is 12.7. The number of rotatable bonds is 9. The van der Waals surface area contributed by atoms with Gasteiger partial charge in [-0.05, 0) is 74.0 Å². The predicted octanol–water partition coefficient (Wildman–Crippen LogP) is 4.75. The van der Waals surface area contributed by atoms with Crippen molar-refractivity contribution < 1.29 is 13.2 Å². The van der Waals surface area contributed by atoms with Crippen LogP contribution < -0.4 is 15.0 Å². The van der Waals surface area contributed by atoms with Gasteiger partial charge in [-0.1, -0.05) is 29.8 Å². The average Bonchev–Trinajstić information content (AvgIpc) is 2.82. The number of nitrogens with zero attached hydrogens (tertiary/aromatic N) is 2. The quantitative estimate of drug-likeness (QED) is 0.338. The molecule has 2 N–H and O–H groups in total. The molecule has 0 saturated carbocycles. The molecule has 0 spiro atoms. The zero-order valence-corrected chi connectivity index (χ0v) is 19.9. The Morgan fingerprint density at radius 1 is 1.00 bits per heavy atom. The molecule has 0 fully saturated rings. The molecule has 33 heavy (non-hydrogen) atoms. The van der Waals surface area contributed by atoms with E-state index < -0.39 is 15.9 Å². The van der Waals surface area contributed by atoms with Crippen LogP contribution in [0.3, 0.4) is 0 Å². The Hall–Kier alpha value is -3.36. The maximum absolute atomic E-state index is 12.7. The van der Waals surface area contributed by atoms with Crippen LogP contribution in [0.25, 0.3) is 0 Å². The fourth-order valence-electron chi connectivity index (χ4n) is 3.13. The number of anilines is 2. The van der Waals surface area contributed by atoms with E-state index in [0.717, 1.165) is 24.3 Å². The molecule has 0 aliphatic heterocycles. The second kappa shape index (κ2) is 11.0. The van der Waals surface area contributed by atoms with Crippen molar-refractivity contribution in [1.29, 1.82) is 0 Å². The molecule has 3 rings (SSSR count). The third kappa shape index (κ3) is 6.57. The molecule has 0 saturated heterocycles. The van der Waals surface area contributed by atoms with E-state index in [1.165, 1.54) is 30.5 Å². The third-order valence-corrected chi connectivity index (χ3v) is 6.54. The summed E-state index contributed by atoms with van der Waals surface area (Å²) in [5, 5.41) is 4.48. The molecule has 0 aromatic heterocycles. The highest BCUT2D eigenvalue weighted by Gasteiger charge is 2.16. The molecular formula is C24H25ClN4O3S. The van der Waals surface area contributed by atoms with E-state index in [2.05, 4.69) is 34.0 Å². The summed E-state index contributed by atoms with van der Waals surface area (Å²) in [5.74, 6) is -0.519. The van der Waals surface area contributed by atoms with Crippen LogP contribution in [0.1, 0.15) is 29.8 Å². The van der Waals surface area contributed by atoms with Gasteiger partial charge in [0.2, 0.25) is 0 Å². The van der Waals surface area contributed by atoms with Gasteiger partial charge in [-0.25, -0.2) is 13.8 Å². The number of hydrazone groups is 1. The van der Waals surface area contributed by atoms with E-state index in [0.29, 0.717) is 10.7 Å². The first-order valence-electron chi connectivity index (χ1n) is 10.4. The normalized spacial score (nSPS) is 11.4. The van der Waals surface area contributed by atoms with Gasteiger partial charge in [-0.3, -0.25) is 9.52 Å². The highest BCUT2D eigenvalue weighted by Crippen LogP contribution is 2.19. The lowest BCUT2D eigenvalue weighted by Gasteiger charge is -2.20. The number of benzene rings is 3. The van der Waals surface area contributed by atoms with Crippen molar-refractivity contribution in [3.63, 3.8) is 0 Å². The molecule has 0 atom stereocenters. The minimum absolute atomic E-state index is 0.0407. The second-order valence-electron chi connectivity index (χ2n) is 7.10. The number of carbonyl (C=O) groups excluding carboxylic acids is 1. The van der Waals surface area contributed by atoms with Crippen LogP contribution >= 0.6 is 11.6 Å². The fourth-order valence-corrected chi connectivity index (χ4v) is 4.36. The molecule has 0 unspecified atom stereocenters. The monoisotopic (exact) mass is 484 g/mol. The van der Waals surface area contributed by atoms with Crippen LogP contribution in [-0.2, 0) is 10.0 Å². The number of sulfonamides is 1. The zero-order chi connectivity index (χ0) is 23.8. The van der Waals surface area contributed by atoms with Crippen molar-refractivity contribution in [3.05, 3.63) is 88.9 Å². The van der Waals surface area contributed by atoms with E-state index in [9.17, 15) is 13.2 Å². The topological polar surface area (TPSA) is 90.9 Å². The number of halogens is 1. The van der Waals surface area contributed by atoms with E-state index in [-0.39, 0.29) is 10.5 Å². The summed E-state index contributed by atoms with van der Waals surface area (Å²) in [6.45, 7) is 6.04. The van der Waals surface area contributed by atoms with E-state index in [1.807, 2.05) is 24.3 Å². The molecule has 0 radical (unpaired) electrons. The van der Waals surface area contributed by atoms with Gasteiger partial charge in [0.05, 0.1) is 11.1 Å². The van der Waals surface area contributed by atoms with Gasteiger partial charge in [-0.2, -0.15) is 5.10 Å². The molecule has 0 bridgehead atoms. The Morgan fingerprint density at radius 3 is 2.30 bits per heavy atom. The molecule has 1 amide bonds. The van der Waals surface area contributed by atoms with E-state index in [1.54, 1.807) is 24.3 Å². The molecule has 7 nitrogen and oxygen atoms in total. The third-order valence-electron chi connectivity index (χ3n) is 4.90. The molecule has 0 aliphatic rings. The lowest BCUT2D eigenvalue weighted by Crippen LogP contribution is -2.21. The van der Waals surface area contributed by atoms with Crippen LogP contribution in [0.2, 0.25) is 5.02 Å². The number of carbonyl (C=O) groups is 1. The highest BCUT2D eigenvalue weighted by molar-refractivity contribution is 7.92. The molecular weight excluding hydrogens is 460 g/mol. The smallest absolute Gasteiger partial charge is 0.271 e. The lowest BCUT2D eigenvalue weighted by molar-refractivity contribution is 0.0955. The average molecular weight is 485 g/mol. The van der Waals surface area contributed by atoms with Crippen molar-refractivity contribution in [1.82, 2.24) is 5.43 Å². The second-order valence-corrected chi connectivity index (χ2v) is 9.22. The molecule has 3 aromatic rings. The maximum Gasteiger partial charge on any atom is 0.271 e. The van der Waals surface area contributed by atoms with Crippen LogP contribution in [0.15, 0.2) is 82.8 Å². The van der Waals surface area contributed by atoms with E-state index >= 15 is 0 Å². The van der Waals surface area contributed by atoms with Gasteiger partial charge in [0.1, 0.15) is 0 Å². The SMILES string of the molecule is CCN(CC)c1ccc(/C=N/NC(=O)c2cccc(S(=O)(=O)Nc3ccc(Cl)cc3)c2)cc1. The molecule has 9 heteroatoms. The van der Waals surface area contributed by atoms with Crippen LogP contribution in [-0.4, -0.2) is 33.6 Å². The summed E-state index contributed by atoms with van der Waals surface area (Å²) < 4.78 is 27.8. The van der Waals surface area contributed by atoms with E-state index in [4.69, 9.17) is 11.6 Å². The Kier molecular flexibility index (Phi) is 8.08. The molecule has 0 heterocycles. The summed E-state index contributed by atoms with van der Waals surface area (Å²) in [6, 6.07) is 19.8. The van der Waals surface area contributed by atoms with Crippen LogP contribution in [0, 0.1) is 0 Å². The summed E-state index contributed by atoms with van der Waals surface area (Å²) in [6.07, 6.45) is 1.53. The Balaban J connectivity index is 1.66. The minimum Gasteiger partial charge on any atom is -0.372 e. The summed E-state index contributed by atoms with van der Waals surface area (Å²) >= 11 is 5.83. The molecule has 3 aromatic carbocycles. The van der Waals surface area contributed by atoms with Gasteiger partial charge < -0.3 is 4.90 Å². The van der Waals surface area contributed by atoms with Gasteiger partial charge in [-0.15, -0.1) is 0 Å². The van der Waals surface area contributed by atoms with Crippen molar-refractivity contribution in [2.45, 2.75) is 18.7 Å². The Bertz CT molecular complexity index is 1220. The number of amides is 1. The van der Waals surface area contributed by atoms with Gasteiger partial charge in [0, 0.05) is 35.1 Å². The van der Waals surface area contributed by atoms with Crippen molar-refractivity contribution in [3.8, 4) is 0 Å². The molecule has 0 aliphatic carbocycles. The largest absolute Gasteiger partial charge is 0.372 e. The predicted molar refractivity (Wildman–Crippen MR) is 134 cm³/mol. The number of hydrogen-bond donors (Lipinski definition) is 2. The fraction of sp³-hybridized carbons (Fsp3) is 0.167. The first-order chi connectivity index (χ1) is 15.8.